The van der Waals surface area contributed by atoms with E-state index in [0.29, 0.717) is 0 Å². The van der Waals surface area contributed by atoms with Crippen molar-refractivity contribution in [2.24, 2.45) is 0 Å². The standard InChI is InChI=1S/C42H24N2O/c1-5-15-33-27(10-1)29-21-20-25(26-14-9-19-39-40(26)32-13-4-8-18-38(32)45-39)24-37(29)43(33)36-23-22-30-28-11-2-6-16-34(28)44-35-17-7-3-12-31(35)41(36)42(30)44/h1-24H. The van der Waals surface area contributed by atoms with Crippen LogP contribution in [-0.4, -0.2) is 8.97 Å². The van der Waals surface area contributed by atoms with Crippen molar-refractivity contribution in [2.75, 3.05) is 0 Å². The molecule has 7 aromatic carbocycles. The summed E-state index contributed by atoms with van der Waals surface area (Å²) in [6.45, 7) is 0. The van der Waals surface area contributed by atoms with Crippen LogP contribution in [-0.2, 0) is 0 Å². The van der Waals surface area contributed by atoms with E-state index in [1.165, 1.54) is 76.7 Å². The van der Waals surface area contributed by atoms with Gasteiger partial charge in [-0.05, 0) is 53.6 Å². The normalized spacial score (nSPS) is 12.4. The van der Waals surface area contributed by atoms with Gasteiger partial charge in [-0.3, -0.25) is 0 Å². The molecule has 0 atom stereocenters. The molecule has 0 amide bonds. The number of hydrogen-bond acceptors (Lipinski definition) is 1. The van der Waals surface area contributed by atoms with Crippen LogP contribution >= 0.6 is 0 Å². The highest BCUT2D eigenvalue weighted by Crippen LogP contribution is 2.45. The molecule has 0 radical (unpaired) electrons. The fraction of sp³-hybridized carbons (Fsp3) is 0. The van der Waals surface area contributed by atoms with Gasteiger partial charge in [0.05, 0.1) is 33.3 Å². The molecule has 0 bridgehead atoms. The lowest BCUT2D eigenvalue weighted by Gasteiger charge is -2.12. The quantitative estimate of drug-likeness (QED) is 0.202. The summed E-state index contributed by atoms with van der Waals surface area (Å²) in [6.07, 6.45) is 0. The topological polar surface area (TPSA) is 22.5 Å². The molecule has 0 saturated heterocycles. The van der Waals surface area contributed by atoms with Gasteiger partial charge in [0.2, 0.25) is 0 Å². The minimum Gasteiger partial charge on any atom is -0.456 e. The van der Waals surface area contributed by atoms with E-state index in [2.05, 4.69) is 148 Å². The van der Waals surface area contributed by atoms with Crippen molar-refractivity contribution in [3.8, 4) is 16.8 Å². The second kappa shape index (κ2) is 8.31. The van der Waals surface area contributed by atoms with Crippen LogP contribution < -0.4 is 0 Å². The molecule has 0 N–H and O–H groups in total. The van der Waals surface area contributed by atoms with Gasteiger partial charge in [0, 0.05) is 43.1 Å². The minimum atomic E-state index is 0.914. The van der Waals surface area contributed by atoms with Crippen molar-refractivity contribution in [1.82, 2.24) is 8.97 Å². The predicted molar refractivity (Wildman–Crippen MR) is 188 cm³/mol. The summed E-state index contributed by atoms with van der Waals surface area (Å²) >= 11 is 0. The number of aromatic nitrogens is 2. The first-order chi connectivity index (χ1) is 22.3. The first kappa shape index (κ1) is 23.4. The summed E-state index contributed by atoms with van der Waals surface area (Å²) in [5.74, 6) is 0. The van der Waals surface area contributed by atoms with Gasteiger partial charge in [0.15, 0.2) is 0 Å². The van der Waals surface area contributed by atoms with Gasteiger partial charge in [-0.2, -0.15) is 0 Å². The van der Waals surface area contributed by atoms with Gasteiger partial charge in [-0.1, -0.05) is 103 Å². The lowest BCUT2D eigenvalue weighted by Crippen LogP contribution is -1.95. The maximum Gasteiger partial charge on any atom is 0.136 e. The molecule has 208 valence electrons. The summed E-state index contributed by atoms with van der Waals surface area (Å²) in [4.78, 5) is 0. The summed E-state index contributed by atoms with van der Waals surface area (Å²) in [7, 11) is 0. The Morgan fingerprint density at radius 1 is 0.400 bits per heavy atom. The molecule has 0 spiro atoms. The molecule has 4 aromatic heterocycles. The summed E-state index contributed by atoms with van der Waals surface area (Å²) in [5, 5.41) is 9.95. The fourth-order valence-corrected chi connectivity index (χ4v) is 8.04. The first-order valence-corrected chi connectivity index (χ1v) is 15.5. The molecule has 0 fully saturated rings. The van der Waals surface area contributed by atoms with Crippen LogP contribution in [0.3, 0.4) is 0 Å². The zero-order valence-electron chi connectivity index (χ0n) is 24.2. The second-order valence-electron chi connectivity index (χ2n) is 12.1. The Balaban J connectivity index is 1.29. The Morgan fingerprint density at radius 3 is 1.87 bits per heavy atom. The molecular formula is C42H24N2O. The number of fused-ring (bicyclic) bond motifs is 12. The average Bonchev–Trinajstić information content (AvgIpc) is 3.83. The predicted octanol–water partition coefficient (Wildman–Crippen LogP) is 11.5. The number of benzene rings is 7. The van der Waals surface area contributed by atoms with Crippen LogP contribution in [0.2, 0.25) is 0 Å². The lowest BCUT2D eigenvalue weighted by atomic mass is 9.98. The Bertz CT molecular complexity index is 2990. The van der Waals surface area contributed by atoms with E-state index in [1.807, 2.05) is 6.07 Å². The van der Waals surface area contributed by atoms with Gasteiger partial charge in [-0.15, -0.1) is 0 Å². The lowest BCUT2D eigenvalue weighted by molar-refractivity contribution is 0.669. The largest absolute Gasteiger partial charge is 0.456 e. The van der Waals surface area contributed by atoms with E-state index < -0.39 is 0 Å². The van der Waals surface area contributed by atoms with Gasteiger partial charge in [0.25, 0.3) is 0 Å². The Labute approximate surface area is 257 Å². The van der Waals surface area contributed by atoms with Crippen molar-refractivity contribution in [3.63, 3.8) is 0 Å². The molecule has 0 unspecified atom stereocenters. The summed E-state index contributed by atoms with van der Waals surface area (Å²) in [5.41, 5.74) is 11.6. The van der Waals surface area contributed by atoms with E-state index in [1.54, 1.807) is 0 Å². The zero-order valence-corrected chi connectivity index (χ0v) is 24.2. The monoisotopic (exact) mass is 572 g/mol. The highest BCUT2D eigenvalue weighted by Gasteiger charge is 2.23. The van der Waals surface area contributed by atoms with Gasteiger partial charge >= 0.3 is 0 Å². The van der Waals surface area contributed by atoms with Crippen LogP contribution in [0.4, 0.5) is 0 Å². The third-order valence-corrected chi connectivity index (χ3v) is 9.86. The van der Waals surface area contributed by atoms with Crippen LogP contribution in [0.15, 0.2) is 150 Å². The van der Waals surface area contributed by atoms with E-state index in [0.717, 1.165) is 21.9 Å². The average molecular weight is 573 g/mol. The Kier molecular flexibility index (Phi) is 4.32. The number of furan rings is 1. The molecule has 4 heterocycles. The highest BCUT2D eigenvalue weighted by atomic mass is 16.3. The molecule has 0 aliphatic rings. The van der Waals surface area contributed by atoms with Crippen molar-refractivity contribution in [1.29, 1.82) is 0 Å². The summed E-state index contributed by atoms with van der Waals surface area (Å²) in [6, 6.07) is 52.8. The highest BCUT2D eigenvalue weighted by molar-refractivity contribution is 6.26. The molecule has 45 heavy (non-hydrogen) atoms. The minimum absolute atomic E-state index is 0.914. The maximum absolute atomic E-state index is 6.27. The van der Waals surface area contributed by atoms with E-state index in [-0.39, 0.29) is 0 Å². The zero-order chi connectivity index (χ0) is 29.2. The molecule has 11 aromatic rings. The Morgan fingerprint density at radius 2 is 1.02 bits per heavy atom. The number of nitrogens with zero attached hydrogens (tertiary/aromatic N) is 2. The van der Waals surface area contributed by atoms with Crippen molar-refractivity contribution >= 4 is 81.8 Å². The van der Waals surface area contributed by atoms with Gasteiger partial charge in [-0.25, -0.2) is 0 Å². The number of para-hydroxylation sites is 4. The van der Waals surface area contributed by atoms with Crippen molar-refractivity contribution in [2.45, 2.75) is 0 Å². The smallest absolute Gasteiger partial charge is 0.136 e. The SMILES string of the molecule is c1ccc2c(c1)oc1cccc(-c3ccc4c5ccccc5n(-c5ccc6c7ccccc7n7c8ccccc8c5c67)c4c3)c12. The molecule has 11 rings (SSSR count). The number of rotatable bonds is 2. The molecule has 0 aliphatic carbocycles. The van der Waals surface area contributed by atoms with Crippen LogP contribution in [0, 0.1) is 0 Å². The number of hydrogen-bond donors (Lipinski definition) is 0. The van der Waals surface area contributed by atoms with Crippen molar-refractivity contribution < 1.29 is 4.42 Å². The molecule has 3 nitrogen and oxygen atoms in total. The summed E-state index contributed by atoms with van der Waals surface area (Å²) < 4.78 is 11.2. The van der Waals surface area contributed by atoms with Gasteiger partial charge in [0.1, 0.15) is 11.2 Å². The molecule has 0 saturated carbocycles. The third-order valence-electron chi connectivity index (χ3n) is 9.86. The van der Waals surface area contributed by atoms with Gasteiger partial charge < -0.3 is 13.4 Å². The first-order valence-electron chi connectivity index (χ1n) is 15.5. The third kappa shape index (κ3) is 2.90. The maximum atomic E-state index is 6.27. The van der Waals surface area contributed by atoms with Crippen molar-refractivity contribution in [3.05, 3.63) is 146 Å². The van der Waals surface area contributed by atoms with E-state index in [4.69, 9.17) is 4.42 Å². The van der Waals surface area contributed by atoms with Crippen LogP contribution in [0.25, 0.3) is 98.7 Å². The Hall–Kier alpha value is -6.06. The van der Waals surface area contributed by atoms with E-state index >= 15 is 0 Å². The van der Waals surface area contributed by atoms with Crippen LogP contribution in [0.1, 0.15) is 0 Å². The molecule has 3 heteroatoms. The molecule has 0 aliphatic heterocycles. The van der Waals surface area contributed by atoms with Crippen LogP contribution in [0.5, 0.6) is 0 Å². The fourth-order valence-electron chi connectivity index (χ4n) is 8.04. The molecular weight excluding hydrogens is 548 g/mol. The van der Waals surface area contributed by atoms with E-state index in [9.17, 15) is 0 Å². The second-order valence-corrected chi connectivity index (χ2v) is 12.1.